The Labute approximate surface area is 283 Å². The predicted octanol–water partition coefficient (Wildman–Crippen LogP) is 5.45. The standard InChI is InChI=1S/C37H59NO7.H2S/c1-22(39)43-32(34(4,5)40)27-9-7-25-28(44-27)17-26-24-8-10-29-33(2,3)30(45-31-18-38(15-16-42-31)23-19-41-20-23)11-12-37(29)21-36(24,37)14-13-35(25,26)6;/h23-32,40H,7-21H2,1-6H3;1H2/t24?,25?,26?,27?,28?,29?,30-,31?,32-,35?,36?,37?;/m0./s1. The largest absolute Gasteiger partial charge is 0.457 e. The van der Waals surface area contributed by atoms with Crippen molar-refractivity contribution < 1.29 is 33.6 Å². The van der Waals surface area contributed by atoms with Gasteiger partial charge in [0, 0.05) is 13.5 Å². The topological polar surface area (TPSA) is 86.7 Å². The highest BCUT2D eigenvalue weighted by Crippen LogP contribution is 2.87. The molecule has 3 saturated heterocycles. The minimum absolute atomic E-state index is 0. The number of fused-ring (bicyclic) bond motifs is 4. The number of hydrogen-bond donors (Lipinski definition) is 1. The van der Waals surface area contributed by atoms with E-state index >= 15 is 0 Å². The van der Waals surface area contributed by atoms with Crippen molar-refractivity contribution in [3.05, 3.63) is 0 Å². The second-order valence-corrected chi connectivity index (χ2v) is 18.1. The van der Waals surface area contributed by atoms with Gasteiger partial charge in [-0.25, -0.2) is 0 Å². The molecule has 8 rings (SSSR count). The van der Waals surface area contributed by atoms with Crippen molar-refractivity contribution in [1.82, 2.24) is 4.90 Å². The second-order valence-electron chi connectivity index (χ2n) is 18.1. The Morgan fingerprint density at radius 2 is 1.74 bits per heavy atom. The van der Waals surface area contributed by atoms with Gasteiger partial charge in [0.25, 0.3) is 0 Å². The zero-order valence-electron chi connectivity index (χ0n) is 29.2. The molecule has 1 N–H and O–H groups in total. The summed E-state index contributed by atoms with van der Waals surface area (Å²) < 4.78 is 31.1. The molecule has 0 radical (unpaired) electrons. The normalized spacial score (nSPS) is 48.7. The Kier molecular flexibility index (Phi) is 8.56. The fraction of sp³-hybridized carbons (Fsp3) is 0.973. The van der Waals surface area contributed by atoms with E-state index in [1.54, 1.807) is 13.8 Å². The van der Waals surface area contributed by atoms with E-state index in [4.69, 9.17) is 23.7 Å². The number of hydrogen-bond acceptors (Lipinski definition) is 8. The van der Waals surface area contributed by atoms with E-state index in [-0.39, 0.29) is 49.5 Å². The molecule has 12 atom stereocenters. The predicted molar refractivity (Wildman–Crippen MR) is 179 cm³/mol. The lowest BCUT2D eigenvalue weighted by Crippen LogP contribution is -2.58. The van der Waals surface area contributed by atoms with Crippen LogP contribution >= 0.6 is 13.5 Å². The van der Waals surface area contributed by atoms with E-state index in [0.717, 1.165) is 64.5 Å². The molecule has 0 amide bonds. The van der Waals surface area contributed by atoms with E-state index < -0.39 is 11.7 Å². The minimum atomic E-state index is -1.13. The number of ether oxygens (including phenoxy) is 5. The van der Waals surface area contributed by atoms with Crippen LogP contribution in [0, 0.1) is 45.3 Å². The van der Waals surface area contributed by atoms with Crippen LogP contribution in [0.2, 0.25) is 0 Å². The number of rotatable bonds is 6. The maximum absolute atomic E-state index is 11.9. The van der Waals surface area contributed by atoms with Gasteiger partial charge in [-0.05, 0) is 123 Å². The van der Waals surface area contributed by atoms with Gasteiger partial charge in [-0.15, -0.1) is 0 Å². The first-order chi connectivity index (χ1) is 21.3. The Hall–Kier alpha value is -0.420. The van der Waals surface area contributed by atoms with Crippen molar-refractivity contribution >= 4 is 19.5 Å². The molecule has 0 aromatic carbocycles. The Balaban J connectivity index is 0.00000338. The van der Waals surface area contributed by atoms with E-state index in [9.17, 15) is 9.90 Å². The van der Waals surface area contributed by atoms with Gasteiger partial charge in [0.1, 0.15) is 0 Å². The van der Waals surface area contributed by atoms with Crippen LogP contribution in [0.4, 0.5) is 0 Å². The molecule has 0 aromatic heterocycles. The maximum atomic E-state index is 11.9. The summed E-state index contributed by atoms with van der Waals surface area (Å²) in [6.45, 7) is 16.8. The zero-order chi connectivity index (χ0) is 31.6. The number of nitrogens with zero attached hydrogens (tertiary/aromatic N) is 1. The third-order valence-electron chi connectivity index (χ3n) is 15.4. The van der Waals surface area contributed by atoms with E-state index in [1.165, 1.54) is 45.4 Å². The van der Waals surface area contributed by atoms with Gasteiger partial charge in [0.05, 0.1) is 56.3 Å². The molecule has 5 saturated carbocycles. The van der Waals surface area contributed by atoms with Gasteiger partial charge >= 0.3 is 5.97 Å². The first-order valence-electron chi connectivity index (χ1n) is 18.4. The number of aliphatic hydroxyl groups is 1. The Morgan fingerprint density at radius 3 is 2.43 bits per heavy atom. The molecule has 8 aliphatic rings. The molecular formula is C37H61NO7S. The Bertz CT molecular complexity index is 1170. The molecule has 10 unspecified atom stereocenters. The molecule has 8 nitrogen and oxygen atoms in total. The van der Waals surface area contributed by atoms with Gasteiger partial charge in [-0.2, -0.15) is 13.5 Å². The molecule has 3 heterocycles. The highest BCUT2D eigenvalue weighted by atomic mass is 32.1. The van der Waals surface area contributed by atoms with Crippen LogP contribution in [0.3, 0.4) is 0 Å². The van der Waals surface area contributed by atoms with Crippen LogP contribution in [0.15, 0.2) is 0 Å². The minimum Gasteiger partial charge on any atom is -0.457 e. The zero-order valence-corrected chi connectivity index (χ0v) is 30.2. The first kappa shape index (κ1) is 34.0. The summed E-state index contributed by atoms with van der Waals surface area (Å²) in [5.41, 5.74) is 0.290. The first-order valence-corrected chi connectivity index (χ1v) is 18.4. The van der Waals surface area contributed by atoms with Crippen molar-refractivity contribution in [2.45, 2.75) is 148 Å². The molecule has 8 fully saturated rings. The molecule has 262 valence electrons. The van der Waals surface area contributed by atoms with E-state index in [0.29, 0.717) is 40.0 Å². The number of esters is 1. The van der Waals surface area contributed by atoms with E-state index in [2.05, 4.69) is 25.7 Å². The van der Waals surface area contributed by atoms with Crippen LogP contribution < -0.4 is 0 Å². The van der Waals surface area contributed by atoms with Crippen LogP contribution in [-0.4, -0.2) is 91.2 Å². The maximum Gasteiger partial charge on any atom is 0.303 e. The molecule has 0 aromatic rings. The molecule has 5 aliphatic carbocycles. The third kappa shape index (κ3) is 5.01. The van der Waals surface area contributed by atoms with Gasteiger partial charge < -0.3 is 28.8 Å². The summed E-state index contributed by atoms with van der Waals surface area (Å²) in [6.07, 6.45) is 11.7. The van der Waals surface area contributed by atoms with Gasteiger partial charge in [0.15, 0.2) is 12.4 Å². The molecule has 0 bridgehead atoms. The summed E-state index contributed by atoms with van der Waals surface area (Å²) in [5.74, 6) is 2.41. The molecule has 9 heteroatoms. The lowest BCUT2D eigenvalue weighted by molar-refractivity contribution is -0.253. The van der Waals surface area contributed by atoms with Crippen molar-refractivity contribution in [3.8, 4) is 0 Å². The Morgan fingerprint density at radius 1 is 0.978 bits per heavy atom. The number of morpholine rings is 1. The average molecular weight is 664 g/mol. The van der Waals surface area contributed by atoms with Crippen LogP contribution in [0.1, 0.15) is 106 Å². The molecule has 2 spiro atoms. The summed E-state index contributed by atoms with van der Waals surface area (Å²) in [7, 11) is 0. The highest BCUT2D eigenvalue weighted by molar-refractivity contribution is 7.59. The quantitative estimate of drug-likeness (QED) is 0.376. The van der Waals surface area contributed by atoms with E-state index in [1.807, 2.05) is 0 Å². The van der Waals surface area contributed by atoms with Crippen molar-refractivity contribution in [2.75, 3.05) is 32.9 Å². The van der Waals surface area contributed by atoms with Crippen LogP contribution in [0.5, 0.6) is 0 Å². The summed E-state index contributed by atoms with van der Waals surface area (Å²) in [5, 5.41) is 10.9. The second kappa shape index (κ2) is 11.6. The number of carbonyl (C=O) groups is 1. The van der Waals surface area contributed by atoms with Crippen molar-refractivity contribution in [3.63, 3.8) is 0 Å². The van der Waals surface area contributed by atoms with Crippen LogP contribution in [0.25, 0.3) is 0 Å². The van der Waals surface area contributed by atoms with Crippen molar-refractivity contribution in [1.29, 1.82) is 0 Å². The van der Waals surface area contributed by atoms with Crippen molar-refractivity contribution in [2.24, 2.45) is 45.3 Å². The molecule has 46 heavy (non-hydrogen) atoms. The molecule has 3 aliphatic heterocycles. The SMILES string of the molecule is CC(=O)O[C@@H](C1CCC2C(CC3C4CCC5C(C)(C)[C@@H](OC6CN(C7COC7)CCO6)CCC56CC46CCC23C)O1)C(C)(C)O.S. The lowest BCUT2D eigenvalue weighted by atomic mass is 9.46. The summed E-state index contributed by atoms with van der Waals surface area (Å²) >= 11 is 0. The van der Waals surface area contributed by atoms with Gasteiger partial charge in [-0.3, -0.25) is 9.69 Å². The fourth-order valence-corrected chi connectivity index (χ4v) is 13.2. The number of carbonyl (C=O) groups excluding carboxylic acids is 1. The van der Waals surface area contributed by atoms with Gasteiger partial charge in [-0.1, -0.05) is 20.8 Å². The average Bonchev–Trinajstić information content (AvgIpc) is 3.52. The lowest BCUT2D eigenvalue weighted by Gasteiger charge is -2.60. The molecular weight excluding hydrogens is 602 g/mol. The highest BCUT2D eigenvalue weighted by Gasteiger charge is 2.80. The fourth-order valence-electron chi connectivity index (χ4n) is 13.2. The summed E-state index contributed by atoms with van der Waals surface area (Å²) in [4.78, 5) is 14.5. The third-order valence-corrected chi connectivity index (χ3v) is 15.4. The summed E-state index contributed by atoms with van der Waals surface area (Å²) in [6, 6.07) is 0.536. The monoisotopic (exact) mass is 663 g/mol. The van der Waals surface area contributed by atoms with Crippen LogP contribution in [-0.2, 0) is 28.5 Å². The van der Waals surface area contributed by atoms with Gasteiger partial charge in [0.2, 0.25) is 0 Å². The smallest absolute Gasteiger partial charge is 0.303 e.